The van der Waals surface area contributed by atoms with Crippen LogP contribution in [0.3, 0.4) is 0 Å². The quantitative estimate of drug-likeness (QED) is 0.477. The molecular weight excluding hydrogens is 472 g/mol. The topological polar surface area (TPSA) is 77.4 Å². The molecule has 8 heteroatoms. The monoisotopic (exact) mass is 508 g/mol. The third-order valence-corrected chi connectivity index (χ3v) is 13.8. The Labute approximate surface area is 208 Å². The number of fused-ring (bicyclic) bond motifs is 1. The van der Waals surface area contributed by atoms with Gasteiger partial charge in [-0.05, 0) is 29.3 Å². The molecule has 2 N–H and O–H groups in total. The lowest BCUT2D eigenvalue weighted by Gasteiger charge is -2.38. The molecule has 2 aliphatic heterocycles. The Morgan fingerprint density at radius 2 is 1.35 bits per heavy atom. The highest BCUT2D eigenvalue weighted by Crippen LogP contribution is 2.43. The number of aliphatic hydroxyl groups excluding tert-OH is 2. The van der Waals surface area contributed by atoms with Crippen LogP contribution in [0, 0.1) is 0 Å². The van der Waals surface area contributed by atoms with E-state index < -0.39 is 37.3 Å². The third kappa shape index (κ3) is 5.13. The highest BCUT2D eigenvalue weighted by molar-refractivity contribution is 7.35. The lowest BCUT2D eigenvalue weighted by atomic mass is 9.97. The Hall–Kier alpha value is -1.29. The van der Waals surface area contributed by atoms with Crippen LogP contribution in [0.1, 0.15) is 34.6 Å². The Bertz CT molecular complexity index is 874. The zero-order valence-corrected chi connectivity index (χ0v) is 22.6. The standard InChI is InChI=1S/C16H19ClSi.C10H18O6/c1-16(2,3)18(17,14-10-6-4-7-11-14)15-12-8-5-9-13-15;1-9(2)14-6-7(13-3)10(4-11,5-12)16-8(6)15-9/h4-13H,1-3H3;6-8,11-12H,4-5H2,1-3H3/t;6-,7+,8+/m.1/s1. The van der Waals surface area contributed by atoms with Crippen LogP contribution >= 0.6 is 11.1 Å². The van der Waals surface area contributed by atoms with E-state index in [2.05, 4.69) is 69.3 Å². The summed E-state index contributed by atoms with van der Waals surface area (Å²) in [7, 11) is -0.740. The molecule has 2 aliphatic rings. The van der Waals surface area contributed by atoms with Gasteiger partial charge in [-0.25, -0.2) is 0 Å². The van der Waals surface area contributed by atoms with Gasteiger partial charge in [-0.3, -0.25) is 0 Å². The molecule has 0 radical (unpaired) electrons. The molecule has 3 atom stereocenters. The molecule has 0 saturated carbocycles. The van der Waals surface area contributed by atoms with E-state index in [1.807, 2.05) is 12.1 Å². The number of hydrogen-bond acceptors (Lipinski definition) is 6. The lowest BCUT2D eigenvalue weighted by Crippen LogP contribution is -2.59. The fourth-order valence-electron chi connectivity index (χ4n) is 4.67. The Morgan fingerprint density at radius 3 is 1.74 bits per heavy atom. The molecule has 2 fully saturated rings. The Kier molecular flexibility index (Phi) is 8.32. The second kappa shape index (κ2) is 10.4. The maximum Gasteiger partial charge on any atom is 0.222 e. The zero-order chi connectivity index (χ0) is 25.2. The van der Waals surface area contributed by atoms with Gasteiger partial charge in [0.1, 0.15) is 17.8 Å². The van der Waals surface area contributed by atoms with Gasteiger partial charge >= 0.3 is 0 Å². The fraction of sp³-hybridized carbons (Fsp3) is 0.538. The number of halogens is 1. The van der Waals surface area contributed by atoms with Crippen molar-refractivity contribution in [2.75, 3.05) is 20.3 Å². The van der Waals surface area contributed by atoms with Crippen LogP contribution in [-0.4, -0.2) is 67.8 Å². The highest BCUT2D eigenvalue weighted by Gasteiger charge is 2.62. The minimum atomic E-state index is -2.23. The summed E-state index contributed by atoms with van der Waals surface area (Å²) < 4.78 is 22.0. The van der Waals surface area contributed by atoms with E-state index >= 15 is 0 Å². The summed E-state index contributed by atoms with van der Waals surface area (Å²) in [5, 5.41) is 21.3. The number of methoxy groups -OCH3 is 1. The predicted molar refractivity (Wildman–Crippen MR) is 136 cm³/mol. The smallest absolute Gasteiger partial charge is 0.222 e. The molecule has 0 aromatic heterocycles. The van der Waals surface area contributed by atoms with Crippen molar-refractivity contribution in [1.29, 1.82) is 0 Å². The normalized spacial score (nSPS) is 25.4. The van der Waals surface area contributed by atoms with Crippen LogP contribution in [-0.2, 0) is 18.9 Å². The van der Waals surface area contributed by atoms with Crippen LogP contribution in [0.5, 0.6) is 0 Å². The van der Waals surface area contributed by atoms with Gasteiger partial charge in [0.2, 0.25) is 7.38 Å². The summed E-state index contributed by atoms with van der Waals surface area (Å²) in [6.07, 6.45) is -1.59. The summed E-state index contributed by atoms with van der Waals surface area (Å²) >= 11 is 7.21. The largest absolute Gasteiger partial charge is 0.393 e. The number of benzene rings is 2. The number of hydrogen-bond donors (Lipinski definition) is 2. The van der Waals surface area contributed by atoms with Gasteiger partial charge in [-0.1, -0.05) is 81.4 Å². The molecule has 0 amide bonds. The summed E-state index contributed by atoms with van der Waals surface area (Å²) in [6.45, 7) is 9.59. The van der Waals surface area contributed by atoms with Crippen molar-refractivity contribution in [3.8, 4) is 0 Å². The molecule has 34 heavy (non-hydrogen) atoms. The summed E-state index contributed by atoms with van der Waals surface area (Å²) in [6, 6.07) is 21.1. The van der Waals surface area contributed by atoms with Crippen LogP contribution in [0.4, 0.5) is 0 Å². The molecule has 2 aromatic rings. The molecular formula is C26H37ClO6Si. The van der Waals surface area contributed by atoms with Crippen molar-refractivity contribution < 1.29 is 29.2 Å². The Balaban J connectivity index is 0.000000192. The van der Waals surface area contributed by atoms with Crippen molar-refractivity contribution in [2.24, 2.45) is 0 Å². The molecule has 6 nitrogen and oxygen atoms in total. The number of aliphatic hydroxyl groups is 2. The maximum absolute atomic E-state index is 9.33. The lowest BCUT2D eigenvalue weighted by molar-refractivity contribution is -0.254. The first-order valence-electron chi connectivity index (χ1n) is 11.5. The predicted octanol–water partition coefficient (Wildman–Crippen LogP) is 3.02. The van der Waals surface area contributed by atoms with Crippen molar-refractivity contribution in [3.05, 3.63) is 60.7 Å². The molecule has 0 aliphatic carbocycles. The van der Waals surface area contributed by atoms with Gasteiger partial charge in [0, 0.05) is 7.11 Å². The van der Waals surface area contributed by atoms with Gasteiger partial charge in [0.15, 0.2) is 12.1 Å². The molecule has 0 bridgehead atoms. The zero-order valence-electron chi connectivity index (χ0n) is 20.8. The van der Waals surface area contributed by atoms with E-state index in [0.29, 0.717) is 0 Å². The first-order chi connectivity index (χ1) is 15.9. The Morgan fingerprint density at radius 1 is 0.882 bits per heavy atom. The van der Waals surface area contributed by atoms with Gasteiger partial charge in [-0.15, -0.1) is 0 Å². The van der Waals surface area contributed by atoms with Crippen molar-refractivity contribution in [1.82, 2.24) is 0 Å². The van der Waals surface area contributed by atoms with Crippen molar-refractivity contribution in [2.45, 2.75) is 69.5 Å². The fourth-order valence-corrected chi connectivity index (χ4v) is 8.80. The molecule has 2 heterocycles. The van der Waals surface area contributed by atoms with Crippen molar-refractivity contribution in [3.63, 3.8) is 0 Å². The highest BCUT2D eigenvalue weighted by atomic mass is 35.6. The average molecular weight is 509 g/mol. The van der Waals surface area contributed by atoms with E-state index in [-0.39, 0.29) is 18.3 Å². The minimum absolute atomic E-state index is 0.0667. The van der Waals surface area contributed by atoms with E-state index in [1.54, 1.807) is 13.8 Å². The van der Waals surface area contributed by atoms with Crippen LogP contribution < -0.4 is 10.4 Å². The van der Waals surface area contributed by atoms with Crippen LogP contribution in [0.15, 0.2) is 60.7 Å². The second-order valence-corrected chi connectivity index (χ2v) is 15.9. The van der Waals surface area contributed by atoms with E-state index in [4.69, 9.17) is 30.0 Å². The number of ether oxygens (including phenoxy) is 4. The minimum Gasteiger partial charge on any atom is -0.393 e. The molecule has 0 unspecified atom stereocenters. The maximum atomic E-state index is 9.33. The molecule has 188 valence electrons. The van der Waals surface area contributed by atoms with E-state index in [9.17, 15) is 10.2 Å². The molecule has 2 aromatic carbocycles. The van der Waals surface area contributed by atoms with Gasteiger partial charge in [0.25, 0.3) is 0 Å². The molecule has 2 saturated heterocycles. The SMILES string of the molecule is CC(C)(C)[Si](Cl)(c1ccccc1)c1ccccc1.CO[C@H]1[C@H]2OC(C)(C)O[C@H]2OC1(CO)CO. The van der Waals surface area contributed by atoms with Gasteiger partial charge < -0.3 is 29.2 Å². The number of rotatable bonds is 5. The second-order valence-electron chi connectivity index (χ2n) is 10.3. The summed E-state index contributed by atoms with van der Waals surface area (Å²) in [4.78, 5) is 0. The first-order valence-corrected chi connectivity index (χ1v) is 14.5. The van der Waals surface area contributed by atoms with Gasteiger partial charge in [0.05, 0.1) is 13.2 Å². The molecule has 4 rings (SSSR count). The van der Waals surface area contributed by atoms with Crippen LogP contribution in [0.2, 0.25) is 5.04 Å². The average Bonchev–Trinajstić information content (AvgIpc) is 3.27. The summed E-state index contributed by atoms with van der Waals surface area (Å²) in [5.74, 6) is -0.733. The van der Waals surface area contributed by atoms with Gasteiger partial charge in [-0.2, -0.15) is 11.1 Å². The van der Waals surface area contributed by atoms with E-state index in [0.717, 1.165) is 0 Å². The van der Waals surface area contributed by atoms with Crippen LogP contribution in [0.25, 0.3) is 0 Å². The summed E-state index contributed by atoms with van der Waals surface area (Å²) in [5.41, 5.74) is -1.15. The molecule has 0 spiro atoms. The first kappa shape index (κ1) is 27.3. The third-order valence-electron chi connectivity index (χ3n) is 6.42. The van der Waals surface area contributed by atoms with Crippen molar-refractivity contribution >= 4 is 28.8 Å². The van der Waals surface area contributed by atoms with E-state index in [1.165, 1.54) is 17.5 Å².